The smallest absolute Gasteiger partial charge is 0.267 e. The monoisotopic (exact) mass is 497 g/mol. The zero-order chi connectivity index (χ0) is 24.6. The van der Waals surface area contributed by atoms with Gasteiger partial charge in [0.05, 0.1) is 16.8 Å². The quantitative estimate of drug-likeness (QED) is 0.300. The summed E-state index contributed by atoms with van der Waals surface area (Å²) < 4.78 is 1.71. The first kappa shape index (κ1) is 25.0. The number of hydrogen-bond acceptors (Lipinski definition) is 5. The molecule has 1 aliphatic rings. The van der Waals surface area contributed by atoms with E-state index in [-0.39, 0.29) is 29.3 Å². The lowest BCUT2D eigenvalue weighted by Crippen LogP contribution is -2.48. The van der Waals surface area contributed by atoms with E-state index in [4.69, 9.17) is 4.98 Å². The van der Waals surface area contributed by atoms with Gasteiger partial charge in [-0.25, -0.2) is 4.98 Å². The van der Waals surface area contributed by atoms with E-state index in [9.17, 15) is 9.59 Å². The molecule has 0 bridgehead atoms. The molecule has 1 amide bonds. The number of carbonyl (C=O) groups excluding carboxylic acids is 1. The molecule has 2 aromatic heterocycles. The fourth-order valence-corrected chi connectivity index (χ4v) is 7.18. The van der Waals surface area contributed by atoms with Crippen molar-refractivity contribution in [3.8, 4) is 5.69 Å². The van der Waals surface area contributed by atoms with Crippen LogP contribution in [0.5, 0.6) is 0 Å². The second kappa shape index (κ2) is 10.2. The van der Waals surface area contributed by atoms with Crippen LogP contribution in [0.3, 0.4) is 0 Å². The van der Waals surface area contributed by atoms with Crippen LogP contribution in [-0.2, 0) is 11.2 Å². The van der Waals surface area contributed by atoms with Gasteiger partial charge in [0.1, 0.15) is 4.83 Å². The Hall–Kier alpha value is -2.12. The van der Waals surface area contributed by atoms with Crippen molar-refractivity contribution in [2.24, 2.45) is 0 Å². The number of rotatable bonds is 6. The molecule has 3 aromatic rings. The highest BCUT2D eigenvalue weighted by molar-refractivity contribution is 7.99. The summed E-state index contributed by atoms with van der Waals surface area (Å²) >= 11 is 3.00. The van der Waals surface area contributed by atoms with Crippen molar-refractivity contribution in [3.63, 3.8) is 0 Å². The van der Waals surface area contributed by atoms with Crippen LogP contribution in [0.1, 0.15) is 68.0 Å². The fraction of sp³-hybridized carbons (Fsp3) is 0.519. The van der Waals surface area contributed by atoms with Gasteiger partial charge in [0.15, 0.2) is 5.16 Å². The first-order valence-electron chi connectivity index (χ1n) is 12.3. The molecule has 0 aliphatic carbocycles. The zero-order valence-electron chi connectivity index (χ0n) is 21.1. The molecule has 0 radical (unpaired) electrons. The lowest BCUT2D eigenvalue weighted by Gasteiger charge is -2.39. The maximum absolute atomic E-state index is 13.9. The predicted molar refractivity (Wildman–Crippen MR) is 144 cm³/mol. The van der Waals surface area contributed by atoms with Crippen LogP contribution in [-0.4, -0.2) is 38.2 Å². The minimum atomic E-state index is -0.0426. The van der Waals surface area contributed by atoms with Gasteiger partial charge in [-0.3, -0.25) is 14.2 Å². The molecule has 1 aliphatic heterocycles. The van der Waals surface area contributed by atoms with E-state index in [2.05, 4.69) is 34.6 Å². The largest absolute Gasteiger partial charge is 0.337 e. The number of carbonyl (C=O) groups is 1. The minimum Gasteiger partial charge on any atom is -0.337 e. The molecule has 0 saturated carbocycles. The van der Waals surface area contributed by atoms with Gasteiger partial charge in [0, 0.05) is 17.0 Å². The topological polar surface area (TPSA) is 55.2 Å². The molecule has 7 heteroatoms. The number of likely N-dealkylation sites (tertiary alicyclic amines) is 1. The number of piperidine rings is 1. The molecule has 1 aromatic carbocycles. The van der Waals surface area contributed by atoms with Crippen molar-refractivity contribution >= 4 is 39.2 Å². The summed E-state index contributed by atoms with van der Waals surface area (Å²) in [7, 11) is 0. The lowest BCUT2D eigenvalue weighted by atomic mass is 9.98. The molecule has 1 saturated heterocycles. The molecular formula is C27H35N3O2S2. The molecule has 3 heterocycles. The molecule has 0 N–H and O–H groups in total. The van der Waals surface area contributed by atoms with Crippen molar-refractivity contribution in [1.82, 2.24) is 14.5 Å². The van der Waals surface area contributed by atoms with Gasteiger partial charge in [-0.05, 0) is 89.1 Å². The third kappa shape index (κ3) is 4.69. The fourth-order valence-electron chi connectivity index (χ4n) is 4.98. The van der Waals surface area contributed by atoms with Gasteiger partial charge in [0.25, 0.3) is 5.56 Å². The molecule has 0 spiro atoms. The van der Waals surface area contributed by atoms with Crippen LogP contribution in [0.2, 0.25) is 0 Å². The highest BCUT2D eigenvalue weighted by Gasteiger charge is 2.29. The molecule has 2 atom stereocenters. The van der Waals surface area contributed by atoms with Crippen LogP contribution < -0.4 is 5.56 Å². The Balaban J connectivity index is 1.78. The maximum Gasteiger partial charge on any atom is 0.267 e. The predicted octanol–water partition coefficient (Wildman–Crippen LogP) is 6.21. The van der Waals surface area contributed by atoms with Gasteiger partial charge >= 0.3 is 0 Å². The first-order chi connectivity index (χ1) is 16.2. The SMILES string of the molecule is CCCc1sc2nc(SCC(=O)N3[C@@H](C)CCC[C@@H]3C)n(-c3ccc(C)c(C)c3)c(=O)c2c1C. The van der Waals surface area contributed by atoms with Gasteiger partial charge in [-0.15, -0.1) is 11.3 Å². The first-order valence-corrected chi connectivity index (χ1v) is 14.1. The Labute approximate surface area is 210 Å². The van der Waals surface area contributed by atoms with Gasteiger partial charge in [-0.2, -0.15) is 0 Å². The number of aryl methyl sites for hydroxylation is 4. The summed E-state index contributed by atoms with van der Waals surface area (Å²) in [4.78, 5) is 36.1. The van der Waals surface area contributed by atoms with E-state index in [1.807, 2.05) is 30.0 Å². The molecule has 182 valence electrons. The summed E-state index contributed by atoms with van der Waals surface area (Å²) in [5.41, 5.74) is 4.11. The third-order valence-corrected chi connectivity index (χ3v) is 9.23. The number of amides is 1. The third-order valence-electron chi connectivity index (χ3n) is 7.06. The molecule has 0 unspecified atom stereocenters. The van der Waals surface area contributed by atoms with Crippen LogP contribution in [0.15, 0.2) is 28.2 Å². The second-order valence-corrected chi connectivity index (χ2v) is 11.6. The molecule has 4 rings (SSSR count). The van der Waals surface area contributed by atoms with E-state index in [0.717, 1.165) is 47.3 Å². The van der Waals surface area contributed by atoms with Gasteiger partial charge in [-0.1, -0.05) is 31.2 Å². The summed E-state index contributed by atoms with van der Waals surface area (Å²) in [5.74, 6) is 0.406. The minimum absolute atomic E-state index is 0.0426. The van der Waals surface area contributed by atoms with E-state index >= 15 is 0 Å². The Morgan fingerprint density at radius 1 is 1.15 bits per heavy atom. The normalized spacial score (nSPS) is 18.6. The van der Waals surface area contributed by atoms with Crippen molar-refractivity contribution < 1.29 is 4.79 Å². The van der Waals surface area contributed by atoms with Crippen molar-refractivity contribution in [2.45, 2.75) is 90.9 Å². The number of thioether (sulfide) groups is 1. The number of benzene rings is 1. The Bertz CT molecular complexity index is 1270. The zero-order valence-corrected chi connectivity index (χ0v) is 22.7. The van der Waals surface area contributed by atoms with Crippen LogP contribution >= 0.6 is 23.1 Å². The van der Waals surface area contributed by atoms with Crippen LogP contribution in [0, 0.1) is 20.8 Å². The standard InChI is InChI=1S/C27H35N3O2S2/c1-7-9-22-20(6)24-25(34-22)28-27(30(26(24)32)21-13-12-16(2)17(3)14-21)33-15-23(31)29-18(4)10-8-11-19(29)5/h12-14,18-19H,7-11,15H2,1-6H3/t18-,19-/m0/s1. The number of aromatic nitrogens is 2. The van der Waals surface area contributed by atoms with Gasteiger partial charge < -0.3 is 4.90 Å². The van der Waals surface area contributed by atoms with Crippen molar-refractivity contribution in [3.05, 3.63) is 50.1 Å². The average molecular weight is 498 g/mol. The Kier molecular flexibility index (Phi) is 7.53. The van der Waals surface area contributed by atoms with Crippen molar-refractivity contribution in [1.29, 1.82) is 0 Å². The molecule has 1 fully saturated rings. The number of thiophene rings is 1. The van der Waals surface area contributed by atoms with E-state index in [1.54, 1.807) is 15.9 Å². The lowest BCUT2D eigenvalue weighted by molar-refractivity contribution is -0.134. The average Bonchev–Trinajstić information content (AvgIpc) is 3.10. The van der Waals surface area contributed by atoms with E-state index < -0.39 is 0 Å². The van der Waals surface area contributed by atoms with Crippen LogP contribution in [0.25, 0.3) is 15.9 Å². The second-order valence-electron chi connectivity index (χ2n) is 9.60. The van der Waals surface area contributed by atoms with E-state index in [1.165, 1.54) is 28.6 Å². The maximum atomic E-state index is 13.9. The summed E-state index contributed by atoms with van der Waals surface area (Å²) in [6, 6.07) is 6.57. The van der Waals surface area contributed by atoms with Crippen molar-refractivity contribution in [2.75, 3.05) is 5.75 Å². The summed E-state index contributed by atoms with van der Waals surface area (Å²) in [6.45, 7) is 12.6. The highest BCUT2D eigenvalue weighted by atomic mass is 32.2. The number of nitrogens with zero attached hydrogens (tertiary/aromatic N) is 3. The number of hydrogen-bond donors (Lipinski definition) is 0. The highest BCUT2D eigenvalue weighted by Crippen LogP contribution is 2.32. The van der Waals surface area contributed by atoms with Crippen LogP contribution in [0.4, 0.5) is 0 Å². The van der Waals surface area contributed by atoms with E-state index in [0.29, 0.717) is 10.5 Å². The molecule has 5 nitrogen and oxygen atoms in total. The molecule has 34 heavy (non-hydrogen) atoms. The Morgan fingerprint density at radius 2 is 1.85 bits per heavy atom. The Morgan fingerprint density at radius 3 is 2.50 bits per heavy atom. The summed E-state index contributed by atoms with van der Waals surface area (Å²) in [5, 5.41) is 1.30. The van der Waals surface area contributed by atoms with Gasteiger partial charge in [0.2, 0.25) is 5.91 Å². The summed E-state index contributed by atoms with van der Waals surface area (Å²) in [6.07, 6.45) is 5.24. The number of fused-ring (bicyclic) bond motifs is 1. The molecular weight excluding hydrogens is 462 g/mol.